The first kappa shape index (κ1) is 29.8. The molecule has 1 aromatic heterocycles. The number of para-hydroxylation sites is 1. The first-order valence-corrected chi connectivity index (χ1v) is 12.6. The Kier molecular flexibility index (Phi) is 12.6. The minimum Gasteiger partial charge on any atom is -0.473 e. The van der Waals surface area contributed by atoms with Crippen molar-refractivity contribution >= 4 is 34.8 Å². The Balaban J connectivity index is 0.000000336. The van der Waals surface area contributed by atoms with E-state index in [2.05, 4.69) is 50.9 Å². The molecule has 0 unspecified atom stereocenters. The molecule has 2 aromatic rings. The van der Waals surface area contributed by atoms with Crippen LogP contribution in [0.3, 0.4) is 0 Å². The average Bonchev–Trinajstić information content (AvgIpc) is 3.31. The highest BCUT2D eigenvalue weighted by atomic mass is 16.4. The van der Waals surface area contributed by atoms with Crippen molar-refractivity contribution < 1.29 is 39.6 Å². The molecule has 1 saturated carbocycles. The van der Waals surface area contributed by atoms with Crippen molar-refractivity contribution in [1.82, 2.24) is 14.4 Å². The lowest BCUT2D eigenvalue weighted by atomic mass is 9.94. The van der Waals surface area contributed by atoms with E-state index in [-0.39, 0.29) is 0 Å². The molecule has 11 nitrogen and oxygen atoms in total. The van der Waals surface area contributed by atoms with E-state index in [4.69, 9.17) is 39.6 Å². The number of hydrogen-bond donors (Lipinski definition) is 4. The number of carboxylic acid groups (broad SMARTS) is 4. The minimum absolute atomic E-state index is 0.901. The van der Waals surface area contributed by atoms with Gasteiger partial charge in [-0.05, 0) is 49.7 Å². The van der Waals surface area contributed by atoms with Crippen LogP contribution in [0.4, 0.5) is 0 Å². The summed E-state index contributed by atoms with van der Waals surface area (Å²) >= 11 is 0. The van der Waals surface area contributed by atoms with Crippen LogP contribution in [0.5, 0.6) is 0 Å². The Morgan fingerprint density at radius 1 is 0.703 bits per heavy atom. The van der Waals surface area contributed by atoms with E-state index >= 15 is 0 Å². The standard InChI is InChI=1S/C22H33N3.2C2H2O4/c1-2-9-21(10-3-1)24-18-16-23(17-19-24)13-6-7-14-25-15-12-20-8-4-5-11-22(20)25;2*3-1(4)2(5)6/h4-5,8,11-12,15,21H,1-3,6-7,9-10,13-14,16-19H2;2*(H,3,4)(H,5,6). The van der Waals surface area contributed by atoms with Gasteiger partial charge in [-0.15, -0.1) is 0 Å². The van der Waals surface area contributed by atoms with Gasteiger partial charge in [-0.25, -0.2) is 19.2 Å². The van der Waals surface area contributed by atoms with Gasteiger partial charge in [-0.2, -0.15) is 0 Å². The van der Waals surface area contributed by atoms with Gasteiger partial charge < -0.3 is 29.9 Å². The van der Waals surface area contributed by atoms with Gasteiger partial charge in [0.05, 0.1) is 0 Å². The molecule has 0 radical (unpaired) electrons. The fourth-order valence-electron chi connectivity index (χ4n) is 4.75. The van der Waals surface area contributed by atoms with Crippen LogP contribution < -0.4 is 0 Å². The lowest BCUT2D eigenvalue weighted by Gasteiger charge is -2.40. The summed E-state index contributed by atoms with van der Waals surface area (Å²) in [7, 11) is 0. The summed E-state index contributed by atoms with van der Waals surface area (Å²) in [4.78, 5) is 41.9. The van der Waals surface area contributed by atoms with Gasteiger partial charge in [0.15, 0.2) is 0 Å². The molecule has 1 aliphatic carbocycles. The van der Waals surface area contributed by atoms with Gasteiger partial charge in [0.1, 0.15) is 0 Å². The van der Waals surface area contributed by atoms with Crippen LogP contribution >= 0.6 is 0 Å². The number of rotatable bonds is 6. The van der Waals surface area contributed by atoms with Crippen molar-refractivity contribution in [2.24, 2.45) is 0 Å². The molecular formula is C26H37N3O8. The van der Waals surface area contributed by atoms with Gasteiger partial charge in [-0.1, -0.05) is 37.5 Å². The Morgan fingerprint density at radius 2 is 1.24 bits per heavy atom. The number of benzene rings is 1. The molecule has 4 rings (SSSR count). The quantitative estimate of drug-likeness (QED) is 0.330. The third-order valence-corrected chi connectivity index (χ3v) is 6.67. The van der Waals surface area contributed by atoms with Gasteiger partial charge in [0, 0.05) is 50.5 Å². The molecule has 1 saturated heterocycles. The highest BCUT2D eigenvalue weighted by molar-refractivity contribution is 6.27. The number of aromatic nitrogens is 1. The Morgan fingerprint density at radius 3 is 1.81 bits per heavy atom. The van der Waals surface area contributed by atoms with Crippen molar-refractivity contribution in [1.29, 1.82) is 0 Å². The smallest absolute Gasteiger partial charge is 0.414 e. The summed E-state index contributed by atoms with van der Waals surface area (Å²) in [5.74, 6) is -7.30. The first-order chi connectivity index (χ1) is 17.7. The minimum atomic E-state index is -1.82. The van der Waals surface area contributed by atoms with E-state index in [1.54, 1.807) is 0 Å². The molecule has 2 heterocycles. The summed E-state index contributed by atoms with van der Waals surface area (Å²) in [6.07, 6.45) is 12.1. The molecule has 11 heteroatoms. The second-order valence-electron chi connectivity index (χ2n) is 9.17. The zero-order valence-corrected chi connectivity index (χ0v) is 21.0. The number of unbranched alkanes of at least 4 members (excludes halogenated alkanes) is 1. The van der Waals surface area contributed by atoms with Gasteiger partial charge in [0.25, 0.3) is 0 Å². The SMILES string of the molecule is O=C(O)C(=O)O.O=C(O)C(=O)O.c1ccc2c(c1)ccn2CCCCN1CCN(C2CCCCC2)CC1. The molecule has 37 heavy (non-hydrogen) atoms. The fourth-order valence-corrected chi connectivity index (χ4v) is 4.75. The zero-order chi connectivity index (χ0) is 27.2. The molecule has 0 atom stereocenters. The maximum Gasteiger partial charge on any atom is 0.414 e. The van der Waals surface area contributed by atoms with Crippen LogP contribution in [0.15, 0.2) is 36.5 Å². The van der Waals surface area contributed by atoms with Crippen LogP contribution in [0.1, 0.15) is 44.9 Å². The lowest BCUT2D eigenvalue weighted by molar-refractivity contribution is -0.159. The molecule has 0 bridgehead atoms. The molecule has 4 N–H and O–H groups in total. The molecule has 204 valence electrons. The second kappa shape index (κ2) is 15.6. The predicted octanol–water partition coefficient (Wildman–Crippen LogP) is 2.68. The van der Waals surface area contributed by atoms with E-state index < -0.39 is 23.9 Å². The second-order valence-corrected chi connectivity index (χ2v) is 9.17. The Labute approximate surface area is 215 Å². The van der Waals surface area contributed by atoms with Gasteiger partial charge in [-0.3, -0.25) is 4.90 Å². The van der Waals surface area contributed by atoms with Crippen LogP contribution in [-0.4, -0.2) is 97.4 Å². The van der Waals surface area contributed by atoms with Gasteiger partial charge >= 0.3 is 23.9 Å². The molecule has 0 spiro atoms. The molecule has 1 aromatic carbocycles. The molecule has 0 amide bonds. The zero-order valence-electron chi connectivity index (χ0n) is 21.0. The number of carboxylic acids is 4. The third kappa shape index (κ3) is 10.6. The normalized spacial score (nSPS) is 16.6. The number of aliphatic carboxylic acids is 4. The van der Waals surface area contributed by atoms with Crippen molar-refractivity contribution in [3.63, 3.8) is 0 Å². The van der Waals surface area contributed by atoms with E-state index in [0.29, 0.717) is 0 Å². The lowest BCUT2D eigenvalue weighted by Crippen LogP contribution is -2.50. The molecular weight excluding hydrogens is 482 g/mol. The van der Waals surface area contributed by atoms with Crippen molar-refractivity contribution in [2.75, 3.05) is 32.7 Å². The third-order valence-electron chi connectivity index (χ3n) is 6.67. The Hall–Kier alpha value is -3.44. The number of piperazine rings is 1. The number of hydrogen-bond acceptors (Lipinski definition) is 6. The summed E-state index contributed by atoms with van der Waals surface area (Å²) in [5, 5.41) is 30.9. The number of aryl methyl sites for hydroxylation is 1. The van der Waals surface area contributed by atoms with Crippen LogP contribution in [-0.2, 0) is 25.7 Å². The fraction of sp³-hybridized carbons (Fsp3) is 0.538. The highest BCUT2D eigenvalue weighted by Gasteiger charge is 2.24. The van der Waals surface area contributed by atoms with Gasteiger partial charge in [0.2, 0.25) is 0 Å². The van der Waals surface area contributed by atoms with E-state index in [9.17, 15) is 0 Å². The summed E-state index contributed by atoms with van der Waals surface area (Å²) < 4.78 is 2.41. The first-order valence-electron chi connectivity index (χ1n) is 12.6. The Bertz CT molecular complexity index is 976. The van der Waals surface area contributed by atoms with Crippen molar-refractivity contribution in [3.8, 4) is 0 Å². The van der Waals surface area contributed by atoms with E-state index in [1.807, 2.05) is 0 Å². The monoisotopic (exact) mass is 519 g/mol. The summed E-state index contributed by atoms with van der Waals surface area (Å²) in [6, 6.07) is 11.8. The van der Waals surface area contributed by atoms with Crippen LogP contribution in [0, 0.1) is 0 Å². The van der Waals surface area contributed by atoms with E-state index in [0.717, 1.165) is 12.6 Å². The number of carbonyl (C=O) groups is 4. The maximum atomic E-state index is 9.10. The molecule has 2 aliphatic rings. The van der Waals surface area contributed by atoms with Crippen molar-refractivity contribution in [3.05, 3.63) is 36.5 Å². The molecule has 1 aliphatic heterocycles. The topological polar surface area (TPSA) is 161 Å². The van der Waals surface area contributed by atoms with Crippen molar-refractivity contribution in [2.45, 2.75) is 57.5 Å². The largest absolute Gasteiger partial charge is 0.473 e. The average molecular weight is 520 g/mol. The molecule has 2 fully saturated rings. The van der Waals surface area contributed by atoms with Crippen LogP contribution in [0.25, 0.3) is 10.9 Å². The predicted molar refractivity (Wildman–Crippen MR) is 137 cm³/mol. The van der Waals surface area contributed by atoms with E-state index in [1.165, 1.54) is 88.6 Å². The number of nitrogens with zero attached hydrogens (tertiary/aromatic N) is 3. The highest BCUT2D eigenvalue weighted by Crippen LogP contribution is 2.23. The summed E-state index contributed by atoms with van der Waals surface area (Å²) in [5.41, 5.74) is 1.38. The summed E-state index contributed by atoms with van der Waals surface area (Å²) in [6.45, 7) is 7.58. The maximum absolute atomic E-state index is 9.10. The van der Waals surface area contributed by atoms with Crippen LogP contribution in [0.2, 0.25) is 0 Å². The number of fused-ring (bicyclic) bond motifs is 1.